The predicted octanol–water partition coefficient (Wildman–Crippen LogP) is 14.5. The van der Waals surface area contributed by atoms with Crippen LogP contribution >= 0.6 is 22.7 Å². The van der Waals surface area contributed by atoms with Crippen LogP contribution in [0.1, 0.15) is 29.8 Å². The van der Waals surface area contributed by atoms with E-state index < -0.39 is 0 Å². The molecule has 0 aliphatic heterocycles. The van der Waals surface area contributed by atoms with Crippen molar-refractivity contribution in [3.05, 3.63) is 211 Å². The van der Waals surface area contributed by atoms with Gasteiger partial charge in [-0.05, 0) is 120 Å². The van der Waals surface area contributed by atoms with E-state index in [1.807, 2.05) is 30.4 Å². The van der Waals surface area contributed by atoms with Crippen molar-refractivity contribution in [3.8, 4) is 22.3 Å². The standard InChI is InChI=1S/C50H42N4S2/c1-5-8-16-35(4)39-25-31-45-47(33-39)55-50(52-45)54(42-19-13-10-14-20-42)44-29-23-38(24-30-44)37-21-27-43(28-22-37)53(41(7-3)15-6-2)49-51-46-32-26-40(34-48(46)56-49)36-17-11-9-12-18-36/h5-9,11-13,15-24,26-30,32-34H,1-4,10,14,25,31H2/b16-8-,41-15+. The summed E-state index contributed by atoms with van der Waals surface area (Å²) >= 11 is 3.41. The Balaban J connectivity index is 1.08. The molecule has 0 bridgehead atoms. The molecule has 2 heterocycles. The van der Waals surface area contributed by atoms with Crippen molar-refractivity contribution in [1.29, 1.82) is 0 Å². The number of fused-ring (bicyclic) bond motifs is 2. The molecule has 0 radical (unpaired) electrons. The minimum atomic E-state index is 0.867. The molecule has 2 aromatic heterocycles. The van der Waals surface area contributed by atoms with Gasteiger partial charge in [-0.2, -0.15) is 0 Å². The van der Waals surface area contributed by atoms with E-state index in [4.69, 9.17) is 9.97 Å². The summed E-state index contributed by atoms with van der Waals surface area (Å²) in [5.74, 6) is 0. The SMILES string of the molecule is C=C/C=C\C(=C)C1=Cc2sc(N(C3=CCCC=C3)c3ccc(-c4ccc(N(/C(C=C)=C/C=C)c5nc6ccc(-c7ccccc7)cc6s5)cc4)cc3)nc2CC1. The van der Waals surface area contributed by atoms with Gasteiger partial charge in [0.05, 0.1) is 20.8 Å². The Kier molecular flexibility index (Phi) is 10.8. The molecule has 6 heteroatoms. The Hall–Kier alpha value is -6.34. The number of aromatic nitrogens is 2. The molecule has 2 aliphatic rings. The Labute approximate surface area is 337 Å². The van der Waals surface area contributed by atoms with Crippen LogP contribution in [0.15, 0.2) is 201 Å². The Bertz CT molecular complexity index is 2590. The molecule has 4 aromatic carbocycles. The van der Waals surface area contributed by atoms with Crippen LogP contribution in [0.3, 0.4) is 0 Å². The highest BCUT2D eigenvalue weighted by Crippen LogP contribution is 2.42. The second-order valence-electron chi connectivity index (χ2n) is 13.5. The third kappa shape index (κ3) is 7.62. The number of anilines is 4. The van der Waals surface area contributed by atoms with Crippen LogP contribution in [0.5, 0.6) is 0 Å². The van der Waals surface area contributed by atoms with E-state index in [2.05, 4.69) is 151 Å². The van der Waals surface area contributed by atoms with Gasteiger partial charge in [-0.1, -0.05) is 146 Å². The van der Waals surface area contributed by atoms with Crippen molar-refractivity contribution >= 4 is 60.6 Å². The van der Waals surface area contributed by atoms with Gasteiger partial charge in [-0.3, -0.25) is 9.80 Å². The predicted molar refractivity (Wildman–Crippen MR) is 243 cm³/mol. The molecule has 4 nitrogen and oxygen atoms in total. The molecule has 0 saturated heterocycles. The van der Waals surface area contributed by atoms with Crippen LogP contribution in [-0.2, 0) is 6.42 Å². The van der Waals surface area contributed by atoms with Crippen molar-refractivity contribution in [2.24, 2.45) is 0 Å². The van der Waals surface area contributed by atoms with E-state index in [0.717, 1.165) is 91.3 Å². The van der Waals surface area contributed by atoms with Crippen LogP contribution < -0.4 is 9.80 Å². The summed E-state index contributed by atoms with van der Waals surface area (Å²) in [6.07, 6.45) is 24.3. The molecular formula is C50H42N4S2. The minimum Gasteiger partial charge on any atom is -0.287 e. The van der Waals surface area contributed by atoms with E-state index in [0.29, 0.717) is 0 Å². The lowest BCUT2D eigenvalue weighted by Crippen LogP contribution is -2.16. The van der Waals surface area contributed by atoms with Crippen molar-refractivity contribution in [2.45, 2.75) is 25.7 Å². The van der Waals surface area contributed by atoms with Crippen molar-refractivity contribution in [2.75, 3.05) is 9.80 Å². The van der Waals surface area contributed by atoms with Gasteiger partial charge in [0.2, 0.25) is 0 Å². The zero-order chi connectivity index (χ0) is 38.4. The largest absolute Gasteiger partial charge is 0.287 e. The van der Waals surface area contributed by atoms with Gasteiger partial charge in [0.15, 0.2) is 10.3 Å². The molecular weight excluding hydrogens is 721 g/mol. The normalized spacial score (nSPS) is 13.9. The Morgan fingerprint density at radius 3 is 2.14 bits per heavy atom. The summed E-state index contributed by atoms with van der Waals surface area (Å²) in [5, 5.41) is 1.85. The molecule has 0 atom stereocenters. The van der Waals surface area contributed by atoms with Gasteiger partial charge < -0.3 is 0 Å². The third-order valence-corrected chi connectivity index (χ3v) is 12.0. The number of rotatable bonds is 13. The fourth-order valence-electron chi connectivity index (χ4n) is 7.05. The molecule has 2 aliphatic carbocycles. The van der Waals surface area contributed by atoms with Gasteiger partial charge in [0.1, 0.15) is 0 Å². The highest BCUT2D eigenvalue weighted by atomic mass is 32.1. The maximum absolute atomic E-state index is 5.19. The van der Waals surface area contributed by atoms with E-state index in [-0.39, 0.29) is 0 Å². The first-order valence-electron chi connectivity index (χ1n) is 18.8. The molecule has 0 N–H and O–H groups in total. The van der Waals surface area contributed by atoms with Gasteiger partial charge in [0.25, 0.3) is 0 Å². The maximum atomic E-state index is 5.19. The third-order valence-electron chi connectivity index (χ3n) is 9.94. The molecule has 0 unspecified atom stereocenters. The lowest BCUT2D eigenvalue weighted by molar-refractivity contribution is 0.906. The average Bonchev–Trinajstić information content (AvgIpc) is 3.87. The fraction of sp³-hybridized carbons (Fsp3) is 0.0800. The lowest BCUT2D eigenvalue weighted by Gasteiger charge is -2.25. The highest BCUT2D eigenvalue weighted by molar-refractivity contribution is 7.22. The molecule has 0 saturated carbocycles. The van der Waals surface area contributed by atoms with Crippen LogP contribution in [0.25, 0.3) is 38.5 Å². The molecule has 0 amide bonds. The summed E-state index contributed by atoms with van der Waals surface area (Å²) in [6, 6.07) is 34.4. The molecule has 274 valence electrons. The lowest BCUT2D eigenvalue weighted by atomic mass is 9.95. The van der Waals surface area contributed by atoms with Gasteiger partial charge in [-0.15, -0.1) is 0 Å². The van der Waals surface area contributed by atoms with E-state index in [9.17, 15) is 0 Å². The second kappa shape index (κ2) is 16.6. The second-order valence-corrected chi connectivity index (χ2v) is 15.6. The van der Waals surface area contributed by atoms with Crippen LogP contribution in [0, 0.1) is 0 Å². The molecule has 8 rings (SSSR count). The maximum Gasteiger partial charge on any atom is 0.195 e. The smallest absolute Gasteiger partial charge is 0.195 e. The van der Waals surface area contributed by atoms with Crippen molar-refractivity contribution in [3.63, 3.8) is 0 Å². The van der Waals surface area contributed by atoms with Crippen LogP contribution in [0.4, 0.5) is 21.6 Å². The number of benzene rings is 4. The number of hydrogen-bond acceptors (Lipinski definition) is 6. The summed E-state index contributed by atoms with van der Waals surface area (Å²) < 4.78 is 1.13. The van der Waals surface area contributed by atoms with Crippen molar-refractivity contribution < 1.29 is 0 Å². The quantitative estimate of drug-likeness (QED) is 0.110. The summed E-state index contributed by atoms with van der Waals surface area (Å²) in [7, 11) is 0. The number of thiazole rings is 2. The first-order valence-corrected chi connectivity index (χ1v) is 20.4. The monoisotopic (exact) mass is 762 g/mol. The Morgan fingerprint density at radius 1 is 0.714 bits per heavy atom. The summed E-state index contributed by atoms with van der Waals surface area (Å²) in [4.78, 5) is 15.9. The summed E-state index contributed by atoms with van der Waals surface area (Å²) in [6.45, 7) is 16.2. The molecule has 0 fully saturated rings. The first-order chi connectivity index (χ1) is 27.5. The first kappa shape index (κ1) is 36.6. The van der Waals surface area contributed by atoms with Gasteiger partial charge in [-0.25, -0.2) is 9.97 Å². The molecule has 6 aromatic rings. The van der Waals surface area contributed by atoms with E-state index in [1.165, 1.54) is 21.6 Å². The van der Waals surface area contributed by atoms with Crippen LogP contribution in [-0.4, -0.2) is 9.97 Å². The zero-order valence-corrected chi connectivity index (χ0v) is 32.9. The molecule has 0 spiro atoms. The topological polar surface area (TPSA) is 32.3 Å². The van der Waals surface area contributed by atoms with E-state index in [1.54, 1.807) is 34.8 Å². The zero-order valence-electron chi connectivity index (χ0n) is 31.3. The Morgan fingerprint density at radius 2 is 1.45 bits per heavy atom. The average molecular weight is 763 g/mol. The van der Waals surface area contributed by atoms with Crippen molar-refractivity contribution in [1.82, 2.24) is 9.97 Å². The number of nitrogens with zero attached hydrogens (tertiary/aromatic N) is 4. The summed E-state index contributed by atoms with van der Waals surface area (Å²) in [5.41, 5.74) is 13.1. The van der Waals surface area contributed by atoms with Gasteiger partial charge >= 0.3 is 0 Å². The number of aryl methyl sites for hydroxylation is 1. The number of allylic oxidation sites excluding steroid dienone is 11. The van der Waals surface area contributed by atoms with Crippen LogP contribution in [0.2, 0.25) is 0 Å². The fourth-order valence-corrected chi connectivity index (χ4v) is 9.22. The highest BCUT2D eigenvalue weighted by Gasteiger charge is 2.23. The minimum absolute atomic E-state index is 0.867. The molecule has 56 heavy (non-hydrogen) atoms. The van der Waals surface area contributed by atoms with E-state index >= 15 is 0 Å². The van der Waals surface area contributed by atoms with Gasteiger partial charge in [0, 0.05) is 22.8 Å². The number of hydrogen-bond donors (Lipinski definition) is 0.